The maximum absolute atomic E-state index is 10.5. The molecule has 0 aliphatic rings. The number of ether oxygens (including phenoxy) is 2. The van der Waals surface area contributed by atoms with Crippen LogP contribution in [0.4, 0.5) is 0 Å². The van der Waals surface area contributed by atoms with Gasteiger partial charge in [-0.05, 0) is 24.3 Å². The first-order chi connectivity index (χ1) is 9.44. The largest absolute Gasteiger partial charge is 0.468 e. The lowest BCUT2D eigenvalue weighted by atomic mass is 10.2. The van der Waals surface area contributed by atoms with Crippen molar-refractivity contribution in [3.63, 3.8) is 0 Å². The molecule has 6 nitrogen and oxygen atoms in total. The van der Waals surface area contributed by atoms with Gasteiger partial charge in [0.1, 0.15) is 12.1 Å². The van der Waals surface area contributed by atoms with Gasteiger partial charge in [-0.3, -0.25) is 9.59 Å². The molecule has 8 heteroatoms. The lowest BCUT2D eigenvalue weighted by molar-refractivity contribution is -0.143. The fourth-order valence-electron chi connectivity index (χ4n) is 0.817. The molecule has 0 aliphatic carbocycles. The van der Waals surface area contributed by atoms with Gasteiger partial charge in [-0.2, -0.15) is 25.3 Å². The molecule has 0 fully saturated rings. The lowest BCUT2D eigenvalue weighted by Crippen LogP contribution is -2.31. The molecule has 122 valence electrons. The molecule has 20 heavy (non-hydrogen) atoms. The summed E-state index contributed by atoms with van der Waals surface area (Å²) in [4.78, 5) is 21.0. The van der Waals surface area contributed by atoms with Crippen LogP contribution in [0.3, 0.4) is 0 Å². The van der Waals surface area contributed by atoms with Crippen LogP contribution in [0.15, 0.2) is 0 Å². The van der Waals surface area contributed by atoms with Gasteiger partial charge in [-0.1, -0.05) is 13.8 Å². The minimum absolute atomic E-state index is 0.371. The first-order valence-corrected chi connectivity index (χ1v) is 7.59. The van der Waals surface area contributed by atoms with Crippen LogP contribution in [0, 0.1) is 0 Å². The smallest absolute Gasteiger partial charge is 0.322 e. The predicted octanol–water partition coefficient (Wildman–Crippen LogP) is 0.639. The van der Waals surface area contributed by atoms with Crippen molar-refractivity contribution in [1.29, 1.82) is 0 Å². The van der Waals surface area contributed by atoms with E-state index in [4.69, 9.17) is 11.5 Å². The SMILES string of the molecule is CC.COC(=O)C(N)CCS.COC(=O)C(N)CCS. The van der Waals surface area contributed by atoms with Gasteiger partial charge in [0.25, 0.3) is 0 Å². The molecule has 0 aromatic rings. The summed E-state index contributed by atoms with van der Waals surface area (Å²) in [6.07, 6.45) is 1.13. The average Bonchev–Trinajstić information content (AvgIpc) is 2.48. The van der Waals surface area contributed by atoms with Crippen LogP contribution in [0.25, 0.3) is 0 Å². The van der Waals surface area contributed by atoms with Crippen LogP contribution in [-0.2, 0) is 19.1 Å². The van der Waals surface area contributed by atoms with Gasteiger partial charge in [0.05, 0.1) is 14.2 Å². The van der Waals surface area contributed by atoms with Crippen LogP contribution in [0.1, 0.15) is 26.7 Å². The zero-order valence-electron chi connectivity index (χ0n) is 12.7. The van der Waals surface area contributed by atoms with Gasteiger partial charge in [0, 0.05) is 0 Å². The highest BCUT2D eigenvalue weighted by Crippen LogP contribution is 1.92. The Morgan fingerprint density at radius 1 is 0.900 bits per heavy atom. The molecule has 0 amide bonds. The van der Waals surface area contributed by atoms with Gasteiger partial charge < -0.3 is 20.9 Å². The van der Waals surface area contributed by atoms with Gasteiger partial charge in [0.15, 0.2) is 0 Å². The Bertz CT molecular complexity index is 219. The van der Waals surface area contributed by atoms with E-state index >= 15 is 0 Å². The predicted molar refractivity (Wildman–Crippen MR) is 88.3 cm³/mol. The van der Waals surface area contributed by atoms with E-state index in [9.17, 15) is 9.59 Å². The van der Waals surface area contributed by atoms with E-state index in [1.165, 1.54) is 14.2 Å². The standard InChI is InChI=1S/2C5H11NO2S.C2H6/c2*1-8-5(7)4(6)2-3-9;1-2/h2*4,9H,2-3,6H2,1H3;1-2H3. The molecule has 4 N–H and O–H groups in total. The summed E-state index contributed by atoms with van der Waals surface area (Å²) in [7, 11) is 2.64. The molecular weight excluding hydrogens is 300 g/mol. The molecule has 0 aromatic carbocycles. The number of thiol groups is 2. The zero-order chi connectivity index (χ0) is 16.6. The van der Waals surface area contributed by atoms with Crippen molar-refractivity contribution >= 4 is 37.2 Å². The zero-order valence-corrected chi connectivity index (χ0v) is 14.5. The number of rotatable bonds is 6. The van der Waals surface area contributed by atoms with E-state index in [2.05, 4.69) is 34.7 Å². The van der Waals surface area contributed by atoms with Crippen molar-refractivity contribution in [3.8, 4) is 0 Å². The Hall–Kier alpha value is -0.440. The van der Waals surface area contributed by atoms with E-state index in [0.29, 0.717) is 24.3 Å². The number of hydrogen-bond acceptors (Lipinski definition) is 8. The summed E-state index contributed by atoms with van der Waals surface area (Å²) in [5, 5.41) is 0. The highest BCUT2D eigenvalue weighted by molar-refractivity contribution is 7.80. The second-order valence-corrected chi connectivity index (χ2v) is 4.18. The summed E-state index contributed by atoms with van der Waals surface area (Å²) in [6, 6.07) is -1.01. The molecule has 0 heterocycles. The van der Waals surface area contributed by atoms with E-state index in [1.807, 2.05) is 13.8 Å². The summed E-state index contributed by atoms with van der Waals surface area (Å²) < 4.78 is 8.73. The Balaban J connectivity index is -0.000000257. The van der Waals surface area contributed by atoms with Gasteiger partial charge in [-0.15, -0.1) is 0 Å². The van der Waals surface area contributed by atoms with Gasteiger partial charge in [0.2, 0.25) is 0 Å². The first-order valence-electron chi connectivity index (χ1n) is 6.33. The molecule has 0 rings (SSSR count). The Kier molecular flexibility index (Phi) is 22.8. The van der Waals surface area contributed by atoms with Crippen molar-refractivity contribution in [2.45, 2.75) is 38.8 Å². The number of methoxy groups -OCH3 is 2. The monoisotopic (exact) mass is 328 g/mol. The van der Waals surface area contributed by atoms with Crippen LogP contribution in [0.5, 0.6) is 0 Å². The Labute approximate surface area is 132 Å². The third-order valence-corrected chi connectivity index (χ3v) is 2.40. The molecule has 2 atom stereocenters. The molecule has 0 spiro atoms. The molecular formula is C12H28N2O4S2. The molecule has 0 aliphatic heterocycles. The third kappa shape index (κ3) is 15.6. The molecule has 0 saturated heterocycles. The molecule has 0 aromatic heterocycles. The van der Waals surface area contributed by atoms with Gasteiger partial charge >= 0.3 is 11.9 Å². The normalized spacial score (nSPS) is 11.8. The summed E-state index contributed by atoms with van der Waals surface area (Å²) in [6.45, 7) is 4.00. The second-order valence-electron chi connectivity index (χ2n) is 3.28. The second kappa shape index (κ2) is 18.6. The molecule has 0 bridgehead atoms. The molecule has 2 unspecified atom stereocenters. The van der Waals surface area contributed by atoms with Crippen molar-refractivity contribution < 1.29 is 19.1 Å². The molecule has 0 radical (unpaired) electrons. The summed E-state index contributed by atoms with van der Waals surface area (Å²) in [5.41, 5.74) is 10.6. The first kappa shape index (κ1) is 24.6. The number of carbonyl (C=O) groups excluding carboxylic acids is 2. The number of carbonyl (C=O) groups is 2. The summed E-state index contributed by atoms with van der Waals surface area (Å²) >= 11 is 7.81. The van der Waals surface area contributed by atoms with Crippen molar-refractivity contribution in [2.24, 2.45) is 11.5 Å². The number of esters is 2. The fraction of sp³-hybridized carbons (Fsp3) is 0.833. The maximum atomic E-state index is 10.5. The Morgan fingerprint density at radius 3 is 1.30 bits per heavy atom. The quantitative estimate of drug-likeness (QED) is 0.421. The van der Waals surface area contributed by atoms with Crippen molar-refractivity contribution in [2.75, 3.05) is 25.7 Å². The summed E-state index contributed by atoms with van der Waals surface area (Å²) in [5.74, 6) is 0.472. The minimum atomic E-state index is -0.507. The average molecular weight is 329 g/mol. The Morgan fingerprint density at radius 2 is 1.15 bits per heavy atom. The minimum Gasteiger partial charge on any atom is -0.468 e. The highest BCUT2D eigenvalue weighted by Gasteiger charge is 2.11. The highest BCUT2D eigenvalue weighted by atomic mass is 32.1. The van der Waals surface area contributed by atoms with Crippen LogP contribution in [0.2, 0.25) is 0 Å². The lowest BCUT2D eigenvalue weighted by Gasteiger charge is -2.05. The van der Waals surface area contributed by atoms with Crippen molar-refractivity contribution in [3.05, 3.63) is 0 Å². The van der Waals surface area contributed by atoms with E-state index in [-0.39, 0.29) is 11.9 Å². The topological polar surface area (TPSA) is 105 Å². The third-order valence-electron chi connectivity index (χ3n) is 1.89. The van der Waals surface area contributed by atoms with E-state index in [0.717, 1.165) is 0 Å². The fourth-order valence-corrected chi connectivity index (χ4v) is 1.37. The maximum Gasteiger partial charge on any atom is 0.322 e. The van der Waals surface area contributed by atoms with Crippen LogP contribution >= 0.6 is 25.3 Å². The number of hydrogen-bond donors (Lipinski definition) is 4. The van der Waals surface area contributed by atoms with Crippen LogP contribution in [-0.4, -0.2) is 49.7 Å². The van der Waals surface area contributed by atoms with E-state index in [1.54, 1.807) is 0 Å². The van der Waals surface area contributed by atoms with Crippen molar-refractivity contribution in [1.82, 2.24) is 0 Å². The van der Waals surface area contributed by atoms with Gasteiger partial charge in [-0.25, -0.2) is 0 Å². The van der Waals surface area contributed by atoms with Crippen LogP contribution < -0.4 is 11.5 Å². The number of nitrogens with two attached hydrogens (primary N) is 2. The van der Waals surface area contributed by atoms with E-state index < -0.39 is 12.1 Å². The molecule has 0 saturated carbocycles.